The third-order valence-corrected chi connectivity index (χ3v) is 2.71. The molecule has 1 aromatic carbocycles. The van der Waals surface area contributed by atoms with Crippen molar-refractivity contribution < 1.29 is 22.7 Å². The number of ether oxygens (including phenoxy) is 1. The van der Waals surface area contributed by atoms with Crippen molar-refractivity contribution in [1.29, 1.82) is 0 Å². The third kappa shape index (κ3) is 4.09. The van der Waals surface area contributed by atoms with E-state index in [1.807, 2.05) is 0 Å². The molecule has 17 heavy (non-hydrogen) atoms. The molecular weight excluding hydrogens is 280 g/mol. The number of carbonyl (C=O) groups excluding carboxylic acids is 1. The van der Waals surface area contributed by atoms with E-state index in [-0.39, 0.29) is 16.4 Å². The Bertz CT molecular complexity index is 432. The average molecular weight is 287 g/mol. The second kappa shape index (κ2) is 5.14. The maximum atomic E-state index is 11.9. The number of hydrogen-bond donors (Lipinski definition) is 0. The normalized spacial score (nSPS) is 13.3. The maximum absolute atomic E-state index is 11.9. The van der Waals surface area contributed by atoms with Crippen LogP contribution in [0.3, 0.4) is 0 Å². The van der Waals surface area contributed by atoms with Gasteiger partial charge in [0, 0.05) is 5.02 Å². The molecule has 0 saturated carbocycles. The first-order valence-corrected chi connectivity index (χ1v) is 5.22. The molecule has 0 aliphatic carbocycles. The van der Waals surface area contributed by atoms with Gasteiger partial charge in [0.2, 0.25) is 0 Å². The summed E-state index contributed by atoms with van der Waals surface area (Å²) in [5, 5.41) is -1.04. The lowest BCUT2D eigenvalue weighted by Gasteiger charge is -2.12. The Labute approximate surface area is 105 Å². The highest BCUT2D eigenvalue weighted by molar-refractivity contribution is 6.35. The van der Waals surface area contributed by atoms with E-state index >= 15 is 0 Å². The van der Waals surface area contributed by atoms with Gasteiger partial charge in [0.05, 0.1) is 0 Å². The van der Waals surface area contributed by atoms with Gasteiger partial charge in [-0.3, -0.25) is 4.79 Å². The molecule has 0 bridgehead atoms. The van der Waals surface area contributed by atoms with Crippen molar-refractivity contribution in [2.75, 3.05) is 0 Å². The molecule has 1 aromatic rings. The number of halogens is 5. The highest BCUT2D eigenvalue weighted by atomic mass is 35.5. The molecule has 0 spiro atoms. The monoisotopic (exact) mass is 286 g/mol. The molecule has 0 saturated heterocycles. The van der Waals surface area contributed by atoms with Gasteiger partial charge in [0.15, 0.2) is 5.78 Å². The number of carbonyl (C=O) groups is 1. The first-order valence-electron chi connectivity index (χ1n) is 4.40. The lowest BCUT2D eigenvalue weighted by atomic mass is 10.1. The first-order chi connectivity index (χ1) is 7.70. The molecule has 0 amide bonds. The van der Waals surface area contributed by atoms with Crippen LogP contribution in [0.25, 0.3) is 0 Å². The maximum Gasteiger partial charge on any atom is 0.573 e. The van der Waals surface area contributed by atoms with Crippen molar-refractivity contribution in [1.82, 2.24) is 0 Å². The minimum absolute atomic E-state index is 0.0537. The molecule has 1 atom stereocenters. The molecular formula is C10H7Cl2F3O2. The standard InChI is InChI=1S/C10H7Cl2F3O2/c1-5(16)9(12)7-3-2-6(4-8(7)11)17-10(13,14)15/h2-4,9H,1H3. The van der Waals surface area contributed by atoms with E-state index in [1.165, 1.54) is 13.0 Å². The average Bonchev–Trinajstić information content (AvgIpc) is 2.14. The summed E-state index contributed by atoms with van der Waals surface area (Å²) < 4.78 is 39.4. The van der Waals surface area contributed by atoms with Crippen molar-refractivity contribution in [3.05, 3.63) is 28.8 Å². The second-order valence-electron chi connectivity index (χ2n) is 3.20. The van der Waals surface area contributed by atoms with Crippen molar-refractivity contribution in [3.8, 4) is 5.75 Å². The van der Waals surface area contributed by atoms with E-state index in [2.05, 4.69) is 4.74 Å². The van der Waals surface area contributed by atoms with Gasteiger partial charge in [0.1, 0.15) is 11.1 Å². The Morgan fingerprint density at radius 3 is 2.41 bits per heavy atom. The Morgan fingerprint density at radius 2 is 2.00 bits per heavy atom. The van der Waals surface area contributed by atoms with Crippen LogP contribution in [-0.2, 0) is 4.79 Å². The molecule has 0 radical (unpaired) electrons. The Kier molecular flexibility index (Phi) is 4.27. The summed E-state index contributed by atoms with van der Waals surface area (Å²) in [6.07, 6.45) is -4.79. The summed E-state index contributed by atoms with van der Waals surface area (Å²) >= 11 is 11.4. The van der Waals surface area contributed by atoms with Gasteiger partial charge in [0.25, 0.3) is 0 Å². The van der Waals surface area contributed by atoms with Crippen LogP contribution in [0.4, 0.5) is 13.2 Å². The van der Waals surface area contributed by atoms with Crippen molar-refractivity contribution in [3.63, 3.8) is 0 Å². The SMILES string of the molecule is CC(=O)C(Cl)c1ccc(OC(F)(F)F)cc1Cl. The third-order valence-electron chi connectivity index (χ3n) is 1.84. The quantitative estimate of drug-likeness (QED) is 0.782. The Morgan fingerprint density at radius 1 is 1.41 bits per heavy atom. The summed E-state index contributed by atoms with van der Waals surface area (Å²) in [5.74, 6) is -0.809. The van der Waals surface area contributed by atoms with E-state index in [9.17, 15) is 18.0 Å². The molecule has 0 heterocycles. The van der Waals surface area contributed by atoms with Crippen LogP contribution in [0.2, 0.25) is 5.02 Å². The van der Waals surface area contributed by atoms with Crippen LogP contribution in [-0.4, -0.2) is 12.1 Å². The summed E-state index contributed by atoms with van der Waals surface area (Å²) in [6, 6.07) is 3.23. The zero-order valence-electron chi connectivity index (χ0n) is 8.52. The molecule has 0 N–H and O–H groups in total. The van der Waals surface area contributed by atoms with E-state index in [4.69, 9.17) is 23.2 Å². The Hall–Kier alpha value is -0.940. The molecule has 7 heteroatoms. The fourth-order valence-corrected chi connectivity index (χ4v) is 1.66. The zero-order chi connectivity index (χ0) is 13.2. The minimum atomic E-state index is -4.79. The summed E-state index contributed by atoms with van der Waals surface area (Å²) in [7, 11) is 0. The minimum Gasteiger partial charge on any atom is -0.406 e. The number of rotatable bonds is 3. The molecule has 2 nitrogen and oxygen atoms in total. The van der Waals surface area contributed by atoms with Crippen LogP contribution in [0.15, 0.2) is 18.2 Å². The van der Waals surface area contributed by atoms with Gasteiger partial charge in [-0.2, -0.15) is 0 Å². The first kappa shape index (κ1) is 14.1. The van der Waals surface area contributed by atoms with Gasteiger partial charge in [-0.15, -0.1) is 24.8 Å². The van der Waals surface area contributed by atoms with Crippen molar-refractivity contribution >= 4 is 29.0 Å². The fraction of sp³-hybridized carbons (Fsp3) is 0.300. The van der Waals surface area contributed by atoms with E-state index in [0.717, 1.165) is 12.1 Å². The molecule has 1 rings (SSSR count). The second-order valence-corrected chi connectivity index (χ2v) is 4.05. The predicted molar refractivity (Wildman–Crippen MR) is 57.4 cm³/mol. The molecule has 94 valence electrons. The molecule has 1 unspecified atom stereocenters. The van der Waals surface area contributed by atoms with Gasteiger partial charge in [-0.1, -0.05) is 17.7 Å². The van der Waals surface area contributed by atoms with Crippen LogP contribution >= 0.6 is 23.2 Å². The number of benzene rings is 1. The lowest BCUT2D eigenvalue weighted by Crippen LogP contribution is -2.17. The largest absolute Gasteiger partial charge is 0.573 e. The number of ketones is 1. The Balaban J connectivity index is 2.98. The van der Waals surface area contributed by atoms with Gasteiger partial charge >= 0.3 is 6.36 Å². The van der Waals surface area contributed by atoms with Crippen molar-refractivity contribution in [2.45, 2.75) is 18.7 Å². The van der Waals surface area contributed by atoms with Gasteiger partial charge in [-0.05, 0) is 24.6 Å². The summed E-state index contributed by atoms with van der Waals surface area (Å²) in [5.41, 5.74) is 0.246. The highest BCUT2D eigenvalue weighted by Crippen LogP contribution is 2.33. The fourth-order valence-electron chi connectivity index (χ4n) is 1.13. The number of hydrogen-bond acceptors (Lipinski definition) is 2. The van der Waals surface area contributed by atoms with Gasteiger partial charge in [-0.25, -0.2) is 0 Å². The molecule has 0 aliphatic rings. The highest BCUT2D eigenvalue weighted by Gasteiger charge is 2.31. The van der Waals surface area contributed by atoms with E-state index in [1.54, 1.807) is 0 Å². The molecule has 0 aliphatic heterocycles. The number of alkyl halides is 4. The zero-order valence-corrected chi connectivity index (χ0v) is 10.0. The van der Waals surface area contributed by atoms with E-state index < -0.39 is 17.5 Å². The van der Waals surface area contributed by atoms with Gasteiger partial charge < -0.3 is 4.74 Å². The topological polar surface area (TPSA) is 26.3 Å². The smallest absolute Gasteiger partial charge is 0.406 e. The summed E-state index contributed by atoms with van der Waals surface area (Å²) in [6.45, 7) is 1.26. The predicted octanol–water partition coefficient (Wildman–Crippen LogP) is 4.11. The molecule has 0 fully saturated rings. The molecule has 0 aromatic heterocycles. The van der Waals surface area contributed by atoms with Crippen LogP contribution < -0.4 is 4.74 Å². The summed E-state index contributed by atoms with van der Waals surface area (Å²) in [4.78, 5) is 11.0. The van der Waals surface area contributed by atoms with E-state index in [0.29, 0.717) is 0 Å². The van der Waals surface area contributed by atoms with Crippen LogP contribution in [0.5, 0.6) is 5.75 Å². The van der Waals surface area contributed by atoms with Crippen LogP contribution in [0.1, 0.15) is 17.9 Å². The van der Waals surface area contributed by atoms with Crippen molar-refractivity contribution in [2.24, 2.45) is 0 Å². The lowest BCUT2D eigenvalue weighted by molar-refractivity contribution is -0.274. The number of Topliss-reactive ketones (excluding diaryl/α,β-unsaturated/α-hetero) is 1. The van der Waals surface area contributed by atoms with Crippen LogP contribution in [0, 0.1) is 0 Å².